The molecule has 0 aromatic heterocycles. The molecule has 1 rings (SSSR count). The second kappa shape index (κ2) is 2.13. The Morgan fingerprint density at radius 2 is 2.62 bits per heavy atom. The van der Waals surface area contributed by atoms with Crippen molar-refractivity contribution in [1.29, 1.82) is 0 Å². The largest absolute Gasteiger partial charge is 0.362 e. The summed E-state index contributed by atoms with van der Waals surface area (Å²) in [5.41, 5.74) is 0. The monoisotopic (exact) mass is 114 g/mol. The van der Waals surface area contributed by atoms with Crippen LogP contribution in [0.15, 0.2) is 0 Å². The van der Waals surface area contributed by atoms with Gasteiger partial charge in [0.15, 0.2) is 0 Å². The lowest BCUT2D eigenvalue weighted by atomic mass is 10.2. The summed E-state index contributed by atoms with van der Waals surface area (Å²) in [5.74, 6) is -0.0347. The highest BCUT2D eigenvalue weighted by Crippen LogP contribution is 2.14. The molecular weight excluding hydrogens is 106 g/mol. The van der Waals surface area contributed by atoms with Crippen molar-refractivity contribution in [3.63, 3.8) is 0 Å². The Kier molecular flexibility index (Phi) is 1.48. The molecule has 1 N–H and O–H groups in total. The Morgan fingerprint density at radius 1 is 2.00 bits per heavy atom. The molecule has 1 fully saturated rings. The zero-order chi connectivity index (χ0) is 5.98. The minimum absolute atomic E-state index is 0.0347. The summed E-state index contributed by atoms with van der Waals surface area (Å²) in [5, 5.41) is 2.48. The van der Waals surface area contributed by atoms with Gasteiger partial charge in [0.05, 0.1) is 6.61 Å². The number of hydrogen-bond acceptors (Lipinski definition) is 2. The van der Waals surface area contributed by atoms with Gasteiger partial charge in [-0.25, -0.2) is 0 Å². The second-order valence-electron chi connectivity index (χ2n) is 1.64. The maximum Gasteiger partial charge on any atom is 0.248 e. The average molecular weight is 114 g/mol. The fourth-order valence-corrected chi connectivity index (χ4v) is 0.522. The van der Waals surface area contributed by atoms with E-state index in [9.17, 15) is 4.79 Å². The number of rotatable bonds is 1. The van der Waals surface area contributed by atoms with Crippen molar-refractivity contribution < 1.29 is 9.53 Å². The molecule has 0 aromatic carbocycles. The lowest BCUT2D eigenvalue weighted by Crippen LogP contribution is -2.39. The van der Waals surface area contributed by atoms with Crippen LogP contribution in [0.5, 0.6) is 0 Å². The Hall–Kier alpha value is -0.570. The van der Waals surface area contributed by atoms with Crippen molar-refractivity contribution >= 4 is 5.91 Å². The molecule has 0 aromatic rings. The van der Waals surface area contributed by atoms with E-state index in [0.29, 0.717) is 0 Å². The number of carbonyl (C=O) groups is 1. The number of likely N-dealkylation sites (N-methyl/N-ethyl adjacent to an activating group) is 1. The molecule has 0 bridgehead atoms. The van der Waals surface area contributed by atoms with Crippen molar-refractivity contribution in [3.8, 4) is 0 Å². The molecule has 1 aliphatic rings. The van der Waals surface area contributed by atoms with E-state index in [0.717, 1.165) is 6.42 Å². The van der Waals surface area contributed by atoms with Gasteiger partial charge in [-0.3, -0.25) is 4.79 Å². The summed E-state index contributed by atoms with van der Waals surface area (Å²) >= 11 is 0. The van der Waals surface area contributed by atoms with Crippen LogP contribution in [-0.2, 0) is 9.53 Å². The zero-order valence-corrected chi connectivity index (χ0v) is 4.68. The topological polar surface area (TPSA) is 38.3 Å². The molecule has 3 heteroatoms. The highest BCUT2D eigenvalue weighted by atomic mass is 16.5. The summed E-state index contributed by atoms with van der Waals surface area (Å²) < 4.78 is 4.75. The first kappa shape index (κ1) is 5.56. The maximum absolute atomic E-state index is 10.5. The number of hydrogen-bond donors (Lipinski definition) is 1. The third-order valence-corrected chi connectivity index (χ3v) is 1.11. The van der Waals surface area contributed by atoms with Gasteiger partial charge in [-0.05, 0) is 0 Å². The molecule has 45 valence electrons. The van der Waals surface area contributed by atoms with Crippen molar-refractivity contribution in [2.75, 3.05) is 7.05 Å². The van der Waals surface area contributed by atoms with Gasteiger partial charge in [-0.1, -0.05) is 0 Å². The summed E-state index contributed by atoms with van der Waals surface area (Å²) in [6, 6.07) is 0. The van der Waals surface area contributed by atoms with Gasteiger partial charge in [-0.15, -0.1) is 0 Å². The van der Waals surface area contributed by atoms with E-state index < -0.39 is 0 Å². The molecule has 3 nitrogen and oxygen atoms in total. The summed E-state index contributed by atoms with van der Waals surface area (Å²) in [6.07, 6.45) is 0.541. The minimum atomic E-state index is -0.208. The van der Waals surface area contributed by atoms with Crippen LogP contribution >= 0.6 is 0 Å². The molecule has 1 atom stereocenters. The predicted octanol–water partition coefficient (Wildman–Crippen LogP) is -0.317. The Balaban J connectivity index is 2.24. The van der Waals surface area contributed by atoms with E-state index >= 15 is 0 Å². The van der Waals surface area contributed by atoms with Gasteiger partial charge >= 0.3 is 0 Å². The van der Waals surface area contributed by atoms with Crippen LogP contribution < -0.4 is 5.32 Å². The number of carbonyl (C=O) groups excluding carboxylic acids is 1. The van der Waals surface area contributed by atoms with Crippen LogP contribution in [0, 0.1) is 6.61 Å². The predicted molar refractivity (Wildman–Crippen MR) is 27.9 cm³/mol. The summed E-state index contributed by atoms with van der Waals surface area (Å²) in [7, 11) is 1.60. The Labute approximate surface area is 48.0 Å². The smallest absolute Gasteiger partial charge is 0.248 e. The van der Waals surface area contributed by atoms with Gasteiger partial charge in [0.1, 0.15) is 6.10 Å². The fraction of sp³-hybridized carbons (Fsp3) is 0.600. The fourth-order valence-electron chi connectivity index (χ4n) is 0.522. The first-order chi connectivity index (χ1) is 3.84. The van der Waals surface area contributed by atoms with Gasteiger partial charge in [0.25, 0.3) is 0 Å². The van der Waals surface area contributed by atoms with Crippen LogP contribution in [0.2, 0.25) is 0 Å². The van der Waals surface area contributed by atoms with Gasteiger partial charge in [0.2, 0.25) is 5.91 Å². The van der Waals surface area contributed by atoms with E-state index in [1.807, 2.05) is 0 Å². The molecule has 0 saturated carbocycles. The van der Waals surface area contributed by atoms with Crippen molar-refractivity contribution in [1.82, 2.24) is 5.32 Å². The van der Waals surface area contributed by atoms with Gasteiger partial charge in [-0.2, -0.15) is 0 Å². The first-order valence-corrected chi connectivity index (χ1v) is 2.53. The molecule has 1 unspecified atom stereocenters. The zero-order valence-electron chi connectivity index (χ0n) is 4.68. The third kappa shape index (κ3) is 0.816. The molecule has 1 heterocycles. The Morgan fingerprint density at radius 3 is 2.75 bits per heavy atom. The number of ether oxygens (including phenoxy) is 1. The normalized spacial score (nSPS) is 26.4. The van der Waals surface area contributed by atoms with Crippen LogP contribution in [0.4, 0.5) is 0 Å². The van der Waals surface area contributed by atoms with Crippen molar-refractivity contribution in [2.45, 2.75) is 12.5 Å². The average Bonchev–Trinajstić information content (AvgIpc) is 1.62. The van der Waals surface area contributed by atoms with E-state index in [-0.39, 0.29) is 12.0 Å². The van der Waals surface area contributed by atoms with Crippen molar-refractivity contribution in [2.24, 2.45) is 0 Å². The van der Waals surface area contributed by atoms with E-state index in [1.54, 1.807) is 13.7 Å². The highest BCUT2D eigenvalue weighted by molar-refractivity contribution is 5.81. The number of nitrogens with one attached hydrogen (secondary N) is 1. The minimum Gasteiger partial charge on any atom is -0.362 e. The van der Waals surface area contributed by atoms with E-state index in [4.69, 9.17) is 4.74 Å². The number of amides is 1. The van der Waals surface area contributed by atoms with Crippen LogP contribution in [-0.4, -0.2) is 19.1 Å². The SMILES string of the molecule is CNC(=O)C1C[CH]O1. The summed E-state index contributed by atoms with van der Waals surface area (Å²) in [4.78, 5) is 10.5. The molecule has 1 amide bonds. The lowest BCUT2D eigenvalue weighted by Gasteiger charge is -2.23. The molecule has 8 heavy (non-hydrogen) atoms. The van der Waals surface area contributed by atoms with Gasteiger partial charge in [0, 0.05) is 13.5 Å². The third-order valence-electron chi connectivity index (χ3n) is 1.11. The molecule has 0 aliphatic carbocycles. The van der Waals surface area contributed by atoms with Crippen LogP contribution in [0.1, 0.15) is 6.42 Å². The standard InChI is InChI=1S/C5H8NO2/c1-6-5(7)4-2-3-8-4/h3-4H,2H2,1H3,(H,6,7). The Bertz CT molecular complexity index is 98.6. The van der Waals surface area contributed by atoms with E-state index in [2.05, 4.69) is 5.32 Å². The summed E-state index contributed by atoms with van der Waals surface area (Å²) in [6.45, 7) is 1.62. The van der Waals surface area contributed by atoms with Crippen LogP contribution in [0.25, 0.3) is 0 Å². The maximum atomic E-state index is 10.5. The molecule has 1 radical (unpaired) electrons. The van der Waals surface area contributed by atoms with E-state index in [1.165, 1.54) is 0 Å². The second-order valence-corrected chi connectivity index (χ2v) is 1.64. The van der Waals surface area contributed by atoms with Crippen molar-refractivity contribution in [3.05, 3.63) is 6.61 Å². The van der Waals surface area contributed by atoms with Crippen LogP contribution in [0.3, 0.4) is 0 Å². The molecule has 1 aliphatic heterocycles. The first-order valence-electron chi connectivity index (χ1n) is 2.53. The van der Waals surface area contributed by atoms with Gasteiger partial charge < -0.3 is 10.1 Å². The molecule has 1 saturated heterocycles. The molecule has 0 spiro atoms. The molecular formula is C5H8NO2. The highest BCUT2D eigenvalue weighted by Gasteiger charge is 2.25. The lowest BCUT2D eigenvalue weighted by molar-refractivity contribution is -0.137. The quantitative estimate of drug-likeness (QED) is 0.507.